The summed E-state index contributed by atoms with van der Waals surface area (Å²) >= 11 is 5.99. The summed E-state index contributed by atoms with van der Waals surface area (Å²) in [4.78, 5) is 16.8. The number of hydrogen-bond donors (Lipinski definition) is 1. The molecule has 0 aromatic heterocycles. The second kappa shape index (κ2) is 6.60. The second-order valence-corrected chi connectivity index (χ2v) is 6.38. The molecule has 0 bridgehead atoms. The molecule has 4 nitrogen and oxygen atoms in total. The van der Waals surface area contributed by atoms with E-state index in [4.69, 9.17) is 11.6 Å². The van der Waals surface area contributed by atoms with Crippen molar-refractivity contribution in [3.8, 4) is 0 Å². The Bertz CT molecular complexity index is 700. The molecule has 0 fully saturated rings. The summed E-state index contributed by atoms with van der Waals surface area (Å²) in [5.74, 6) is -0.0401. The monoisotopic (exact) mass is 329 g/mol. The highest BCUT2D eigenvalue weighted by atomic mass is 35.5. The number of carbonyl (C=O) groups is 1. The zero-order chi connectivity index (χ0) is 16.4. The molecule has 0 saturated carbocycles. The molecule has 1 aliphatic heterocycles. The summed E-state index contributed by atoms with van der Waals surface area (Å²) in [6.45, 7) is 1.71. The minimum absolute atomic E-state index is 0.0401. The van der Waals surface area contributed by atoms with Crippen LogP contribution in [0.5, 0.6) is 0 Å². The SMILES string of the molecule is CN(C)CCN1c2ccccc2C(=O)NC1c1ccc(Cl)cc1. The Morgan fingerprint density at radius 2 is 1.83 bits per heavy atom. The van der Waals surface area contributed by atoms with Gasteiger partial charge in [0.15, 0.2) is 0 Å². The highest BCUT2D eigenvalue weighted by Gasteiger charge is 2.31. The van der Waals surface area contributed by atoms with Crippen molar-refractivity contribution < 1.29 is 4.79 Å². The molecule has 1 aliphatic rings. The number of halogens is 1. The molecule has 2 aromatic rings. The Labute approximate surface area is 141 Å². The molecule has 5 heteroatoms. The number of benzene rings is 2. The predicted octanol–water partition coefficient (Wildman–Crippen LogP) is 3.15. The average Bonchev–Trinajstić information content (AvgIpc) is 2.54. The van der Waals surface area contributed by atoms with E-state index in [0.29, 0.717) is 5.02 Å². The summed E-state index contributed by atoms with van der Waals surface area (Å²) in [6, 6.07) is 15.4. The number of nitrogens with one attached hydrogen (secondary N) is 1. The van der Waals surface area contributed by atoms with E-state index < -0.39 is 0 Å². The third-order valence-electron chi connectivity index (χ3n) is 4.01. The van der Waals surface area contributed by atoms with Crippen LogP contribution in [-0.2, 0) is 0 Å². The average molecular weight is 330 g/mol. The van der Waals surface area contributed by atoms with Gasteiger partial charge >= 0.3 is 0 Å². The van der Waals surface area contributed by atoms with Crippen LogP contribution in [0.2, 0.25) is 5.02 Å². The van der Waals surface area contributed by atoms with E-state index in [1.165, 1.54) is 0 Å². The van der Waals surface area contributed by atoms with Gasteiger partial charge in [0.1, 0.15) is 6.17 Å². The Kier molecular flexibility index (Phi) is 4.55. The van der Waals surface area contributed by atoms with Gasteiger partial charge in [-0.15, -0.1) is 0 Å². The Morgan fingerprint density at radius 3 is 2.52 bits per heavy atom. The summed E-state index contributed by atoms with van der Waals surface area (Å²) < 4.78 is 0. The van der Waals surface area contributed by atoms with Crippen LogP contribution in [0, 0.1) is 0 Å². The van der Waals surface area contributed by atoms with Crippen LogP contribution in [0.1, 0.15) is 22.1 Å². The predicted molar refractivity (Wildman–Crippen MR) is 94.0 cm³/mol. The fraction of sp³-hybridized carbons (Fsp3) is 0.278. The Balaban J connectivity index is 2.00. The van der Waals surface area contributed by atoms with Crippen molar-refractivity contribution in [2.75, 3.05) is 32.1 Å². The lowest BCUT2D eigenvalue weighted by Gasteiger charge is -2.39. The van der Waals surface area contributed by atoms with Gasteiger partial charge in [0.05, 0.1) is 11.3 Å². The number of carbonyl (C=O) groups excluding carboxylic acids is 1. The molecule has 0 aliphatic carbocycles. The van der Waals surface area contributed by atoms with Crippen molar-refractivity contribution in [1.82, 2.24) is 10.2 Å². The van der Waals surface area contributed by atoms with E-state index in [1.807, 2.05) is 62.6 Å². The fourth-order valence-corrected chi connectivity index (χ4v) is 2.93. The first-order valence-electron chi connectivity index (χ1n) is 7.63. The highest BCUT2D eigenvalue weighted by Crippen LogP contribution is 2.33. The van der Waals surface area contributed by atoms with Crippen molar-refractivity contribution >= 4 is 23.2 Å². The number of fused-ring (bicyclic) bond motifs is 1. The minimum atomic E-state index is -0.186. The van der Waals surface area contributed by atoms with Gasteiger partial charge < -0.3 is 15.1 Å². The normalized spacial score (nSPS) is 17.1. The summed E-state index contributed by atoms with van der Waals surface area (Å²) in [6.07, 6.45) is -0.186. The number of amides is 1. The number of rotatable bonds is 4. The smallest absolute Gasteiger partial charge is 0.255 e. The maximum atomic E-state index is 12.4. The molecule has 0 spiro atoms. The van der Waals surface area contributed by atoms with Crippen molar-refractivity contribution in [3.63, 3.8) is 0 Å². The molecule has 0 radical (unpaired) electrons. The molecule has 1 atom stereocenters. The van der Waals surface area contributed by atoms with Crippen LogP contribution >= 0.6 is 11.6 Å². The van der Waals surface area contributed by atoms with E-state index in [9.17, 15) is 4.79 Å². The minimum Gasteiger partial charge on any atom is -0.345 e. The molecule has 1 unspecified atom stereocenters. The van der Waals surface area contributed by atoms with Crippen LogP contribution in [0.3, 0.4) is 0 Å². The molecule has 0 saturated heterocycles. The van der Waals surface area contributed by atoms with Crippen LogP contribution in [0.4, 0.5) is 5.69 Å². The molecule has 3 rings (SSSR count). The molecular weight excluding hydrogens is 310 g/mol. The number of nitrogens with zero attached hydrogens (tertiary/aromatic N) is 2. The van der Waals surface area contributed by atoms with Gasteiger partial charge in [-0.1, -0.05) is 35.9 Å². The fourth-order valence-electron chi connectivity index (χ4n) is 2.80. The number of hydrogen-bond acceptors (Lipinski definition) is 3. The molecule has 2 aromatic carbocycles. The van der Waals surface area contributed by atoms with Crippen LogP contribution in [0.15, 0.2) is 48.5 Å². The molecule has 120 valence electrons. The highest BCUT2D eigenvalue weighted by molar-refractivity contribution is 6.30. The van der Waals surface area contributed by atoms with E-state index in [0.717, 1.165) is 29.9 Å². The molecule has 1 heterocycles. The summed E-state index contributed by atoms with van der Waals surface area (Å²) in [5, 5.41) is 3.80. The van der Waals surface area contributed by atoms with E-state index in [1.54, 1.807) is 0 Å². The zero-order valence-corrected chi connectivity index (χ0v) is 14.0. The quantitative estimate of drug-likeness (QED) is 0.936. The van der Waals surface area contributed by atoms with Crippen molar-refractivity contribution in [1.29, 1.82) is 0 Å². The maximum Gasteiger partial charge on any atom is 0.255 e. The Hall–Kier alpha value is -2.04. The van der Waals surface area contributed by atoms with Gasteiger partial charge in [-0.2, -0.15) is 0 Å². The Morgan fingerprint density at radius 1 is 1.13 bits per heavy atom. The van der Waals surface area contributed by atoms with Crippen LogP contribution in [0.25, 0.3) is 0 Å². The van der Waals surface area contributed by atoms with Crippen molar-refractivity contribution in [3.05, 3.63) is 64.7 Å². The van der Waals surface area contributed by atoms with Gasteiger partial charge in [-0.25, -0.2) is 0 Å². The van der Waals surface area contributed by atoms with Crippen molar-refractivity contribution in [2.45, 2.75) is 6.17 Å². The van der Waals surface area contributed by atoms with Crippen molar-refractivity contribution in [2.24, 2.45) is 0 Å². The summed E-state index contributed by atoms with van der Waals surface area (Å²) in [7, 11) is 4.09. The summed E-state index contributed by atoms with van der Waals surface area (Å²) in [5.41, 5.74) is 2.71. The molecule has 23 heavy (non-hydrogen) atoms. The molecule has 1 N–H and O–H groups in total. The van der Waals surface area contributed by atoms with E-state index >= 15 is 0 Å². The van der Waals surface area contributed by atoms with Gasteiger partial charge in [0.25, 0.3) is 5.91 Å². The third kappa shape index (κ3) is 3.33. The first-order valence-corrected chi connectivity index (χ1v) is 8.01. The zero-order valence-electron chi connectivity index (χ0n) is 13.3. The third-order valence-corrected chi connectivity index (χ3v) is 4.26. The maximum absolute atomic E-state index is 12.4. The topological polar surface area (TPSA) is 35.6 Å². The molecular formula is C18H20ClN3O. The van der Waals surface area contributed by atoms with Gasteiger partial charge in [-0.05, 0) is 43.9 Å². The van der Waals surface area contributed by atoms with E-state index in [2.05, 4.69) is 15.1 Å². The number of para-hydroxylation sites is 1. The van der Waals surface area contributed by atoms with Crippen LogP contribution in [-0.4, -0.2) is 38.0 Å². The number of likely N-dealkylation sites (N-methyl/N-ethyl adjacent to an activating group) is 1. The lowest BCUT2D eigenvalue weighted by atomic mass is 10.0. The first kappa shape index (κ1) is 15.8. The standard InChI is InChI=1S/C18H20ClN3O/c1-21(2)11-12-22-16-6-4-3-5-15(16)18(23)20-17(22)13-7-9-14(19)10-8-13/h3-10,17H,11-12H2,1-2H3,(H,20,23). The lowest BCUT2D eigenvalue weighted by Crippen LogP contribution is -2.48. The van der Waals surface area contributed by atoms with Gasteiger partial charge in [0, 0.05) is 18.1 Å². The second-order valence-electron chi connectivity index (χ2n) is 5.94. The first-order chi connectivity index (χ1) is 11.1. The number of anilines is 1. The largest absolute Gasteiger partial charge is 0.345 e. The van der Waals surface area contributed by atoms with Crippen LogP contribution < -0.4 is 10.2 Å². The molecule has 1 amide bonds. The lowest BCUT2D eigenvalue weighted by molar-refractivity contribution is 0.0926. The van der Waals surface area contributed by atoms with Gasteiger partial charge in [0.2, 0.25) is 0 Å². The van der Waals surface area contributed by atoms with E-state index in [-0.39, 0.29) is 12.1 Å². The van der Waals surface area contributed by atoms with Gasteiger partial charge in [-0.3, -0.25) is 4.79 Å².